The Morgan fingerprint density at radius 1 is 1.45 bits per heavy atom. The molecular weight excluding hydrogens is 296 g/mol. The Labute approximate surface area is 134 Å². The van der Waals surface area contributed by atoms with Gasteiger partial charge in [-0.05, 0) is 44.4 Å². The van der Waals surface area contributed by atoms with Crippen molar-refractivity contribution in [2.45, 2.75) is 44.6 Å². The zero-order valence-electron chi connectivity index (χ0n) is 12.8. The van der Waals surface area contributed by atoms with Crippen LogP contribution in [0.2, 0.25) is 0 Å². The molecule has 2 N–H and O–H groups in total. The molecule has 116 valence electrons. The van der Waals surface area contributed by atoms with Gasteiger partial charge < -0.3 is 10.4 Å². The lowest BCUT2D eigenvalue weighted by Crippen LogP contribution is -2.28. The summed E-state index contributed by atoms with van der Waals surface area (Å²) < 4.78 is 0. The number of aromatic nitrogens is 1. The Morgan fingerprint density at radius 2 is 2.23 bits per heavy atom. The Hall–Kier alpha value is -1.88. The second-order valence-corrected chi connectivity index (χ2v) is 7.45. The van der Waals surface area contributed by atoms with E-state index in [4.69, 9.17) is 0 Å². The molecule has 1 aliphatic carbocycles. The molecule has 1 aliphatic rings. The number of carboxylic acids is 1. The van der Waals surface area contributed by atoms with E-state index in [2.05, 4.69) is 10.3 Å². The molecule has 1 heterocycles. The second kappa shape index (κ2) is 5.72. The van der Waals surface area contributed by atoms with E-state index in [1.807, 2.05) is 30.5 Å². The van der Waals surface area contributed by atoms with Crippen molar-refractivity contribution in [2.75, 3.05) is 5.32 Å². The largest absolute Gasteiger partial charge is 0.481 e. The Morgan fingerprint density at radius 3 is 2.91 bits per heavy atom. The fourth-order valence-electron chi connectivity index (χ4n) is 2.25. The molecule has 0 amide bonds. The standard InChI is InChI=1S/C17H20N2O2S/c1-17(2,16(20)21)12-4-3-5-13(8-12)18-9-14-10-19-15(22-14)11-6-7-11/h3-5,8,10-11,18H,6-7,9H2,1-2H3,(H,20,21). The summed E-state index contributed by atoms with van der Waals surface area (Å²) in [5.41, 5.74) is 0.850. The molecule has 0 radical (unpaired) electrons. The van der Waals surface area contributed by atoms with Gasteiger partial charge in [-0.15, -0.1) is 11.3 Å². The van der Waals surface area contributed by atoms with Crippen LogP contribution in [0, 0.1) is 0 Å². The van der Waals surface area contributed by atoms with Gasteiger partial charge in [-0.25, -0.2) is 4.98 Å². The van der Waals surface area contributed by atoms with Gasteiger partial charge in [-0.3, -0.25) is 4.79 Å². The fourth-order valence-corrected chi connectivity index (χ4v) is 3.28. The lowest BCUT2D eigenvalue weighted by Gasteiger charge is -2.20. The average Bonchev–Trinajstić information content (AvgIpc) is 3.24. The van der Waals surface area contributed by atoms with E-state index < -0.39 is 11.4 Å². The van der Waals surface area contributed by atoms with Crippen LogP contribution in [-0.4, -0.2) is 16.1 Å². The van der Waals surface area contributed by atoms with Crippen molar-refractivity contribution in [1.82, 2.24) is 4.98 Å². The first-order valence-corrected chi connectivity index (χ1v) is 8.31. The van der Waals surface area contributed by atoms with Crippen molar-refractivity contribution in [2.24, 2.45) is 0 Å². The number of nitrogens with one attached hydrogen (secondary N) is 1. The van der Waals surface area contributed by atoms with Crippen molar-refractivity contribution in [1.29, 1.82) is 0 Å². The van der Waals surface area contributed by atoms with Gasteiger partial charge in [0.05, 0.1) is 17.0 Å². The number of nitrogens with zero attached hydrogens (tertiary/aromatic N) is 1. The summed E-state index contributed by atoms with van der Waals surface area (Å²) in [6.45, 7) is 4.17. The Kier molecular flexibility index (Phi) is 3.91. The molecule has 0 bridgehead atoms. The lowest BCUT2D eigenvalue weighted by molar-refractivity contribution is -0.142. The topological polar surface area (TPSA) is 62.2 Å². The molecule has 0 aliphatic heterocycles. The quantitative estimate of drug-likeness (QED) is 0.845. The molecule has 2 aromatic rings. The van der Waals surface area contributed by atoms with Gasteiger partial charge in [0.15, 0.2) is 0 Å². The summed E-state index contributed by atoms with van der Waals surface area (Å²) in [4.78, 5) is 17.0. The maximum atomic E-state index is 11.4. The summed E-state index contributed by atoms with van der Waals surface area (Å²) in [6.07, 6.45) is 4.48. The van der Waals surface area contributed by atoms with E-state index in [-0.39, 0.29) is 0 Å². The lowest BCUT2D eigenvalue weighted by atomic mass is 9.84. The number of hydrogen-bond acceptors (Lipinski definition) is 4. The van der Waals surface area contributed by atoms with E-state index in [0.29, 0.717) is 5.92 Å². The molecule has 1 aromatic heterocycles. The van der Waals surface area contributed by atoms with Crippen LogP contribution in [-0.2, 0) is 16.8 Å². The van der Waals surface area contributed by atoms with E-state index in [9.17, 15) is 9.90 Å². The summed E-state index contributed by atoms with van der Waals surface area (Å²) in [5, 5.41) is 13.9. The number of anilines is 1. The number of rotatable bonds is 6. The highest BCUT2D eigenvalue weighted by molar-refractivity contribution is 7.11. The third-order valence-electron chi connectivity index (χ3n) is 4.08. The van der Waals surface area contributed by atoms with Gasteiger partial charge in [0, 0.05) is 22.7 Å². The predicted octanol–water partition coefficient (Wildman–Crippen LogP) is 3.99. The SMILES string of the molecule is CC(C)(C(=O)O)c1cccc(NCc2cnc(C3CC3)s2)c1. The predicted molar refractivity (Wildman–Crippen MR) is 88.5 cm³/mol. The normalized spacial score (nSPS) is 14.8. The van der Waals surface area contributed by atoms with Gasteiger partial charge in [-0.2, -0.15) is 0 Å². The van der Waals surface area contributed by atoms with Crippen molar-refractivity contribution in [3.05, 3.63) is 45.9 Å². The van der Waals surface area contributed by atoms with Crippen molar-refractivity contribution in [3.63, 3.8) is 0 Å². The van der Waals surface area contributed by atoms with Gasteiger partial charge in [-0.1, -0.05) is 12.1 Å². The molecule has 0 atom stereocenters. The Bertz CT molecular complexity index is 689. The number of thiazole rings is 1. The zero-order chi connectivity index (χ0) is 15.7. The first-order valence-electron chi connectivity index (χ1n) is 7.49. The highest BCUT2D eigenvalue weighted by Gasteiger charge is 2.29. The van der Waals surface area contributed by atoms with Gasteiger partial charge >= 0.3 is 5.97 Å². The van der Waals surface area contributed by atoms with E-state index in [1.54, 1.807) is 25.2 Å². The zero-order valence-corrected chi connectivity index (χ0v) is 13.6. The van der Waals surface area contributed by atoms with Crippen LogP contribution >= 0.6 is 11.3 Å². The minimum atomic E-state index is -0.888. The molecule has 1 aromatic carbocycles. The van der Waals surface area contributed by atoms with E-state index >= 15 is 0 Å². The molecular formula is C17H20N2O2S. The molecule has 22 heavy (non-hydrogen) atoms. The third kappa shape index (κ3) is 3.14. The first-order chi connectivity index (χ1) is 10.5. The van der Waals surface area contributed by atoms with Crippen molar-refractivity contribution >= 4 is 23.0 Å². The molecule has 0 saturated heterocycles. The summed E-state index contributed by atoms with van der Waals surface area (Å²) >= 11 is 1.77. The van der Waals surface area contributed by atoms with E-state index in [0.717, 1.165) is 17.8 Å². The van der Waals surface area contributed by atoms with Crippen LogP contribution < -0.4 is 5.32 Å². The average molecular weight is 316 g/mol. The fraction of sp³-hybridized carbons (Fsp3) is 0.412. The summed E-state index contributed by atoms with van der Waals surface area (Å²) in [6, 6.07) is 7.63. The first kappa shape index (κ1) is 15.0. The molecule has 4 nitrogen and oxygen atoms in total. The molecule has 0 spiro atoms. The van der Waals surface area contributed by atoms with Gasteiger partial charge in [0.2, 0.25) is 0 Å². The minimum absolute atomic E-state index is 0.693. The second-order valence-electron chi connectivity index (χ2n) is 6.30. The number of aliphatic carboxylic acids is 1. The highest BCUT2D eigenvalue weighted by atomic mass is 32.1. The van der Waals surface area contributed by atoms with Crippen LogP contribution in [0.1, 0.15) is 48.1 Å². The monoisotopic (exact) mass is 316 g/mol. The Balaban J connectivity index is 1.68. The molecule has 1 saturated carbocycles. The highest BCUT2D eigenvalue weighted by Crippen LogP contribution is 2.41. The number of benzene rings is 1. The van der Waals surface area contributed by atoms with E-state index in [1.165, 1.54) is 22.7 Å². The van der Waals surface area contributed by atoms with Crippen LogP contribution in [0.4, 0.5) is 5.69 Å². The van der Waals surface area contributed by atoms with Gasteiger partial charge in [0.1, 0.15) is 0 Å². The number of carbonyl (C=O) groups is 1. The maximum absolute atomic E-state index is 11.4. The maximum Gasteiger partial charge on any atom is 0.313 e. The summed E-state index contributed by atoms with van der Waals surface area (Å²) in [5.74, 6) is -0.125. The molecule has 3 rings (SSSR count). The minimum Gasteiger partial charge on any atom is -0.481 e. The number of hydrogen-bond donors (Lipinski definition) is 2. The van der Waals surface area contributed by atoms with Crippen molar-refractivity contribution < 1.29 is 9.90 Å². The van der Waals surface area contributed by atoms with Gasteiger partial charge in [0.25, 0.3) is 0 Å². The van der Waals surface area contributed by atoms with Crippen LogP contribution in [0.3, 0.4) is 0 Å². The molecule has 5 heteroatoms. The van der Waals surface area contributed by atoms with Crippen molar-refractivity contribution in [3.8, 4) is 0 Å². The third-order valence-corrected chi connectivity index (χ3v) is 5.24. The van der Waals surface area contributed by atoms with Crippen LogP contribution in [0.15, 0.2) is 30.5 Å². The van der Waals surface area contributed by atoms with Crippen LogP contribution in [0.25, 0.3) is 0 Å². The summed E-state index contributed by atoms with van der Waals surface area (Å²) in [7, 11) is 0. The number of carboxylic acid groups (broad SMARTS) is 1. The smallest absolute Gasteiger partial charge is 0.313 e. The molecule has 1 fully saturated rings. The molecule has 0 unspecified atom stereocenters. The van der Waals surface area contributed by atoms with Crippen LogP contribution in [0.5, 0.6) is 0 Å².